The molecule has 0 bridgehead atoms. The van der Waals surface area contributed by atoms with Gasteiger partial charge < -0.3 is 15.4 Å². The summed E-state index contributed by atoms with van der Waals surface area (Å²) in [5.74, 6) is 0.278. The topological polar surface area (TPSA) is 50.4 Å². The van der Waals surface area contributed by atoms with Crippen LogP contribution in [0.25, 0.3) is 0 Å². The Hall–Kier alpha value is -2.40. The molecule has 2 aromatic carbocycles. The zero-order chi connectivity index (χ0) is 18.9. The Labute approximate surface area is 153 Å². The number of methoxy groups -OCH3 is 1. The Kier molecular flexibility index (Phi) is 5.01. The van der Waals surface area contributed by atoms with E-state index in [9.17, 15) is 9.18 Å². The Morgan fingerprint density at radius 1 is 1.23 bits per heavy atom. The van der Waals surface area contributed by atoms with Gasteiger partial charge in [-0.1, -0.05) is 32.9 Å². The van der Waals surface area contributed by atoms with Gasteiger partial charge in [-0.3, -0.25) is 4.79 Å². The summed E-state index contributed by atoms with van der Waals surface area (Å²) in [5.41, 5.74) is 2.83. The molecule has 1 amide bonds. The molecule has 2 aromatic rings. The summed E-state index contributed by atoms with van der Waals surface area (Å²) in [6.45, 7) is 6.58. The van der Waals surface area contributed by atoms with Crippen LogP contribution in [-0.4, -0.2) is 19.6 Å². The van der Waals surface area contributed by atoms with Crippen LogP contribution in [0.4, 0.5) is 10.1 Å². The number of halogens is 1. The van der Waals surface area contributed by atoms with E-state index in [-0.39, 0.29) is 17.1 Å². The van der Waals surface area contributed by atoms with Crippen molar-refractivity contribution in [1.29, 1.82) is 0 Å². The first kappa shape index (κ1) is 18.4. The molecule has 1 atom stereocenters. The number of hydrogen-bond acceptors (Lipinski definition) is 3. The maximum Gasteiger partial charge on any atom is 0.246 e. The first-order chi connectivity index (χ1) is 12.3. The molecule has 138 valence electrons. The molecule has 1 aliphatic heterocycles. The molecule has 1 heterocycles. The molecule has 1 unspecified atom stereocenters. The molecule has 5 heteroatoms. The lowest BCUT2D eigenvalue weighted by atomic mass is 9.86. The maximum atomic E-state index is 14.4. The zero-order valence-electron chi connectivity index (χ0n) is 15.7. The molecular formula is C21H25FN2O2. The van der Waals surface area contributed by atoms with Gasteiger partial charge in [0.05, 0.1) is 7.11 Å². The summed E-state index contributed by atoms with van der Waals surface area (Å²) >= 11 is 0. The average Bonchev–Trinajstić information content (AvgIpc) is 2.59. The van der Waals surface area contributed by atoms with Crippen molar-refractivity contribution in [2.24, 2.45) is 0 Å². The summed E-state index contributed by atoms with van der Waals surface area (Å²) in [6.07, 6.45) is 0.839. The number of benzene rings is 2. The molecule has 0 spiro atoms. The Bertz CT molecular complexity index is 827. The van der Waals surface area contributed by atoms with Crippen molar-refractivity contribution in [1.82, 2.24) is 5.32 Å². The highest BCUT2D eigenvalue weighted by Crippen LogP contribution is 2.29. The molecule has 0 aromatic heterocycles. The monoisotopic (exact) mass is 356 g/mol. The normalized spacial score (nSPS) is 16.7. The average molecular weight is 356 g/mol. The van der Waals surface area contributed by atoms with Crippen molar-refractivity contribution < 1.29 is 13.9 Å². The van der Waals surface area contributed by atoms with Crippen LogP contribution in [0.3, 0.4) is 0 Å². The number of anilines is 1. The van der Waals surface area contributed by atoms with E-state index in [1.807, 2.05) is 39.0 Å². The van der Waals surface area contributed by atoms with Crippen molar-refractivity contribution in [3.05, 3.63) is 58.9 Å². The quantitative estimate of drug-likeness (QED) is 0.875. The van der Waals surface area contributed by atoms with Crippen LogP contribution >= 0.6 is 0 Å². The van der Waals surface area contributed by atoms with Gasteiger partial charge in [-0.2, -0.15) is 0 Å². The molecular weight excluding hydrogens is 331 g/mol. The van der Waals surface area contributed by atoms with E-state index in [1.165, 1.54) is 6.07 Å². The van der Waals surface area contributed by atoms with Gasteiger partial charge in [-0.15, -0.1) is 0 Å². The first-order valence-corrected chi connectivity index (χ1v) is 8.80. The van der Waals surface area contributed by atoms with Crippen LogP contribution < -0.4 is 15.4 Å². The molecule has 0 radical (unpaired) electrons. The second kappa shape index (κ2) is 7.08. The number of hydrogen-bond donors (Lipinski definition) is 2. The van der Waals surface area contributed by atoms with Gasteiger partial charge in [-0.25, -0.2) is 4.39 Å². The molecule has 26 heavy (non-hydrogen) atoms. The molecule has 2 N–H and O–H groups in total. The summed E-state index contributed by atoms with van der Waals surface area (Å²) in [7, 11) is 1.63. The molecule has 0 saturated carbocycles. The third-order valence-electron chi connectivity index (χ3n) is 4.71. The third kappa shape index (κ3) is 3.73. The van der Waals surface area contributed by atoms with Gasteiger partial charge in [0.25, 0.3) is 0 Å². The Morgan fingerprint density at radius 3 is 2.65 bits per heavy atom. The lowest BCUT2D eigenvalue weighted by Crippen LogP contribution is -2.38. The smallest absolute Gasteiger partial charge is 0.246 e. The molecule has 1 aliphatic rings. The van der Waals surface area contributed by atoms with Crippen LogP contribution in [0.5, 0.6) is 5.75 Å². The van der Waals surface area contributed by atoms with Crippen molar-refractivity contribution >= 4 is 11.6 Å². The highest BCUT2D eigenvalue weighted by Gasteiger charge is 2.27. The van der Waals surface area contributed by atoms with Gasteiger partial charge in [0, 0.05) is 12.2 Å². The summed E-state index contributed by atoms with van der Waals surface area (Å²) in [5, 5.41) is 6.06. The lowest BCUT2D eigenvalue weighted by Gasteiger charge is -2.26. The van der Waals surface area contributed by atoms with E-state index in [4.69, 9.17) is 4.74 Å². The number of carbonyl (C=O) groups is 1. The fraction of sp³-hybridized carbons (Fsp3) is 0.381. The van der Waals surface area contributed by atoms with Gasteiger partial charge in [0.1, 0.15) is 17.6 Å². The van der Waals surface area contributed by atoms with E-state index in [2.05, 4.69) is 10.6 Å². The fourth-order valence-corrected chi connectivity index (χ4v) is 3.32. The lowest BCUT2D eigenvalue weighted by molar-refractivity contribution is -0.118. The second-order valence-electron chi connectivity index (χ2n) is 7.64. The van der Waals surface area contributed by atoms with Crippen LogP contribution in [0.15, 0.2) is 36.4 Å². The number of rotatable bonds is 3. The summed E-state index contributed by atoms with van der Waals surface area (Å²) < 4.78 is 19.6. The van der Waals surface area contributed by atoms with Crippen molar-refractivity contribution in [2.45, 2.75) is 38.6 Å². The van der Waals surface area contributed by atoms with Gasteiger partial charge in [0.15, 0.2) is 0 Å². The predicted molar refractivity (Wildman–Crippen MR) is 101 cm³/mol. The van der Waals surface area contributed by atoms with Crippen LogP contribution in [0.1, 0.15) is 43.5 Å². The van der Waals surface area contributed by atoms with Crippen molar-refractivity contribution in [2.75, 3.05) is 19.0 Å². The van der Waals surface area contributed by atoms with Gasteiger partial charge >= 0.3 is 0 Å². The fourth-order valence-electron chi connectivity index (χ4n) is 3.32. The number of amides is 1. The van der Waals surface area contributed by atoms with Crippen molar-refractivity contribution in [3.63, 3.8) is 0 Å². The largest absolute Gasteiger partial charge is 0.497 e. The Morgan fingerprint density at radius 2 is 2.00 bits per heavy atom. The minimum Gasteiger partial charge on any atom is -0.497 e. The molecule has 0 saturated heterocycles. The Balaban J connectivity index is 1.81. The van der Waals surface area contributed by atoms with E-state index in [0.29, 0.717) is 17.8 Å². The number of nitrogens with one attached hydrogen (secondary N) is 2. The van der Waals surface area contributed by atoms with Crippen LogP contribution in [0, 0.1) is 5.82 Å². The highest BCUT2D eigenvalue weighted by atomic mass is 19.1. The SMILES string of the molecule is COc1ccc2c(c1)CCNC2C(=O)Nc1ccc(C(C)(C)C)c(F)c1. The van der Waals surface area contributed by atoms with E-state index < -0.39 is 6.04 Å². The number of ether oxygens (including phenoxy) is 1. The number of carbonyl (C=O) groups excluding carboxylic acids is 1. The molecule has 3 rings (SSSR count). The second-order valence-corrected chi connectivity index (χ2v) is 7.64. The molecule has 0 fully saturated rings. The highest BCUT2D eigenvalue weighted by molar-refractivity contribution is 5.96. The third-order valence-corrected chi connectivity index (χ3v) is 4.71. The summed E-state index contributed by atoms with van der Waals surface area (Å²) in [6, 6.07) is 10.1. The first-order valence-electron chi connectivity index (χ1n) is 8.80. The van der Waals surface area contributed by atoms with Crippen LogP contribution in [0.2, 0.25) is 0 Å². The number of fused-ring (bicyclic) bond motifs is 1. The molecule has 0 aliphatic carbocycles. The minimum absolute atomic E-state index is 0.195. The summed E-state index contributed by atoms with van der Waals surface area (Å²) in [4.78, 5) is 12.8. The standard InChI is InChI=1S/C21H25FN2O2/c1-21(2,3)17-8-5-14(12-18(17)22)24-20(25)19-16-7-6-15(26-4)11-13(16)9-10-23-19/h5-8,11-12,19,23H,9-10H2,1-4H3,(H,24,25). The van der Waals surface area contributed by atoms with Crippen LogP contribution in [-0.2, 0) is 16.6 Å². The van der Waals surface area contributed by atoms with E-state index in [0.717, 1.165) is 23.3 Å². The molecule has 4 nitrogen and oxygen atoms in total. The van der Waals surface area contributed by atoms with Crippen molar-refractivity contribution in [3.8, 4) is 5.75 Å². The van der Waals surface area contributed by atoms with Gasteiger partial charge in [-0.05, 0) is 52.8 Å². The maximum absolute atomic E-state index is 14.4. The zero-order valence-corrected chi connectivity index (χ0v) is 15.7. The van der Waals surface area contributed by atoms with E-state index in [1.54, 1.807) is 19.2 Å². The minimum atomic E-state index is -0.463. The van der Waals surface area contributed by atoms with Gasteiger partial charge in [0.2, 0.25) is 5.91 Å². The van der Waals surface area contributed by atoms with E-state index >= 15 is 0 Å². The predicted octanol–water partition coefficient (Wildman–Crippen LogP) is 3.96.